The van der Waals surface area contributed by atoms with Crippen LogP contribution in [0, 0.1) is 0 Å². The standard InChI is InChI=1S/C16H27BrN2/c1-5-8-11-19(7-3)14-9-10-15(16(17)12-14)13(4)18-6-2/h9-10,12-13,18H,5-8,11H2,1-4H3. The fraction of sp³-hybridized carbons (Fsp3) is 0.625. The van der Waals surface area contributed by atoms with E-state index in [0.717, 1.165) is 19.6 Å². The third-order valence-corrected chi connectivity index (χ3v) is 4.18. The van der Waals surface area contributed by atoms with Gasteiger partial charge in [0.2, 0.25) is 0 Å². The summed E-state index contributed by atoms with van der Waals surface area (Å²) in [6, 6.07) is 7.12. The number of nitrogens with zero attached hydrogens (tertiary/aromatic N) is 1. The molecule has 2 nitrogen and oxygen atoms in total. The van der Waals surface area contributed by atoms with Crippen LogP contribution in [0.15, 0.2) is 22.7 Å². The molecule has 0 heterocycles. The van der Waals surface area contributed by atoms with Crippen molar-refractivity contribution in [1.82, 2.24) is 5.32 Å². The van der Waals surface area contributed by atoms with Crippen molar-refractivity contribution < 1.29 is 0 Å². The SMILES string of the molecule is CCCCN(CC)c1ccc(C(C)NCC)c(Br)c1. The van der Waals surface area contributed by atoms with E-state index in [1.807, 2.05) is 0 Å². The summed E-state index contributed by atoms with van der Waals surface area (Å²) in [7, 11) is 0. The van der Waals surface area contributed by atoms with Crippen molar-refractivity contribution in [2.75, 3.05) is 24.5 Å². The lowest BCUT2D eigenvalue weighted by Crippen LogP contribution is -2.24. The van der Waals surface area contributed by atoms with E-state index >= 15 is 0 Å². The summed E-state index contributed by atoms with van der Waals surface area (Å²) in [4.78, 5) is 2.44. The van der Waals surface area contributed by atoms with Gasteiger partial charge < -0.3 is 10.2 Å². The zero-order valence-corrected chi connectivity index (χ0v) is 14.3. The third kappa shape index (κ3) is 4.81. The zero-order valence-electron chi connectivity index (χ0n) is 12.7. The molecule has 1 unspecified atom stereocenters. The molecule has 0 radical (unpaired) electrons. The maximum atomic E-state index is 3.72. The summed E-state index contributed by atoms with van der Waals surface area (Å²) in [6.45, 7) is 12.0. The van der Waals surface area contributed by atoms with Gasteiger partial charge in [0.05, 0.1) is 0 Å². The van der Waals surface area contributed by atoms with Crippen LogP contribution in [0.2, 0.25) is 0 Å². The second-order valence-corrected chi connectivity index (χ2v) is 5.77. The van der Waals surface area contributed by atoms with Crippen molar-refractivity contribution in [3.8, 4) is 0 Å². The van der Waals surface area contributed by atoms with Crippen molar-refractivity contribution >= 4 is 21.6 Å². The molecule has 0 saturated heterocycles. The Kier molecular flexibility index (Phi) is 7.47. The van der Waals surface area contributed by atoms with E-state index in [9.17, 15) is 0 Å². The number of unbranched alkanes of at least 4 members (excludes halogenated alkanes) is 1. The first-order valence-corrected chi connectivity index (χ1v) is 8.21. The van der Waals surface area contributed by atoms with Crippen molar-refractivity contribution in [2.24, 2.45) is 0 Å². The molecule has 0 bridgehead atoms. The first-order valence-electron chi connectivity index (χ1n) is 7.41. The molecule has 1 aromatic rings. The molecule has 19 heavy (non-hydrogen) atoms. The average molecular weight is 327 g/mol. The van der Waals surface area contributed by atoms with E-state index < -0.39 is 0 Å². The van der Waals surface area contributed by atoms with Gasteiger partial charge in [-0.25, -0.2) is 0 Å². The van der Waals surface area contributed by atoms with E-state index in [4.69, 9.17) is 0 Å². The number of anilines is 1. The Labute approximate surface area is 126 Å². The quantitative estimate of drug-likeness (QED) is 0.741. The summed E-state index contributed by atoms with van der Waals surface area (Å²) < 4.78 is 1.20. The van der Waals surface area contributed by atoms with Gasteiger partial charge in [0.25, 0.3) is 0 Å². The number of rotatable bonds is 8. The van der Waals surface area contributed by atoms with Crippen LogP contribution in [0.4, 0.5) is 5.69 Å². The highest BCUT2D eigenvalue weighted by Gasteiger charge is 2.11. The van der Waals surface area contributed by atoms with E-state index in [2.05, 4.69) is 72.0 Å². The number of hydrogen-bond acceptors (Lipinski definition) is 2. The van der Waals surface area contributed by atoms with Gasteiger partial charge in [0.1, 0.15) is 0 Å². The Hall–Kier alpha value is -0.540. The van der Waals surface area contributed by atoms with Gasteiger partial charge >= 0.3 is 0 Å². The third-order valence-electron chi connectivity index (χ3n) is 3.49. The molecule has 0 saturated carbocycles. The smallest absolute Gasteiger partial charge is 0.0377 e. The monoisotopic (exact) mass is 326 g/mol. The molecule has 3 heteroatoms. The Morgan fingerprint density at radius 2 is 2.00 bits per heavy atom. The van der Waals surface area contributed by atoms with Crippen LogP contribution >= 0.6 is 15.9 Å². The Morgan fingerprint density at radius 3 is 2.53 bits per heavy atom. The summed E-state index contributed by atoms with van der Waals surface area (Å²) >= 11 is 3.72. The van der Waals surface area contributed by atoms with E-state index in [0.29, 0.717) is 6.04 Å². The molecule has 0 amide bonds. The average Bonchev–Trinajstić information content (AvgIpc) is 2.40. The topological polar surface area (TPSA) is 15.3 Å². The largest absolute Gasteiger partial charge is 0.372 e. The van der Waals surface area contributed by atoms with E-state index in [1.54, 1.807) is 0 Å². The van der Waals surface area contributed by atoms with Crippen LogP contribution in [-0.4, -0.2) is 19.6 Å². The molecule has 108 valence electrons. The molecule has 0 aromatic heterocycles. The minimum absolute atomic E-state index is 0.388. The van der Waals surface area contributed by atoms with Crippen molar-refractivity contribution in [3.05, 3.63) is 28.2 Å². The molecule has 1 N–H and O–H groups in total. The Morgan fingerprint density at radius 1 is 1.26 bits per heavy atom. The second kappa shape index (κ2) is 8.60. The van der Waals surface area contributed by atoms with Crippen molar-refractivity contribution in [2.45, 2.75) is 46.6 Å². The van der Waals surface area contributed by atoms with Gasteiger partial charge in [0, 0.05) is 29.3 Å². The van der Waals surface area contributed by atoms with Crippen molar-refractivity contribution in [1.29, 1.82) is 0 Å². The maximum Gasteiger partial charge on any atom is 0.0377 e. The highest BCUT2D eigenvalue weighted by molar-refractivity contribution is 9.10. The molecule has 1 aromatic carbocycles. The molecular formula is C16H27BrN2. The molecule has 0 aliphatic carbocycles. The van der Waals surface area contributed by atoms with Gasteiger partial charge in [-0.15, -0.1) is 0 Å². The van der Waals surface area contributed by atoms with Crippen LogP contribution in [-0.2, 0) is 0 Å². The summed E-state index contributed by atoms with van der Waals surface area (Å²) in [5, 5.41) is 3.46. The number of benzene rings is 1. The molecule has 0 aliphatic heterocycles. The van der Waals surface area contributed by atoms with Gasteiger partial charge in [0.15, 0.2) is 0 Å². The fourth-order valence-corrected chi connectivity index (χ4v) is 3.01. The Bertz CT molecular complexity index is 379. The van der Waals surface area contributed by atoms with E-state index in [1.165, 1.54) is 28.6 Å². The molecule has 1 atom stereocenters. The van der Waals surface area contributed by atoms with Crippen LogP contribution in [0.3, 0.4) is 0 Å². The Balaban J connectivity index is 2.85. The van der Waals surface area contributed by atoms with Gasteiger partial charge in [-0.1, -0.05) is 42.3 Å². The lowest BCUT2D eigenvalue weighted by molar-refractivity contribution is 0.596. The molecule has 1 rings (SSSR count). The first-order chi connectivity index (χ1) is 9.13. The van der Waals surface area contributed by atoms with Crippen LogP contribution < -0.4 is 10.2 Å². The zero-order chi connectivity index (χ0) is 14.3. The summed E-state index contributed by atoms with van der Waals surface area (Å²) in [5.74, 6) is 0. The van der Waals surface area contributed by atoms with Gasteiger partial charge in [-0.05, 0) is 44.5 Å². The molecular weight excluding hydrogens is 300 g/mol. The molecule has 0 aliphatic rings. The maximum absolute atomic E-state index is 3.72. The first kappa shape index (κ1) is 16.5. The van der Waals surface area contributed by atoms with Crippen LogP contribution in [0.25, 0.3) is 0 Å². The highest BCUT2D eigenvalue weighted by atomic mass is 79.9. The minimum Gasteiger partial charge on any atom is -0.372 e. The predicted octanol–water partition coefficient (Wildman–Crippen LogP) is 4.75. The molecule has 0 spiro atoms. The van der Waals surface area contributed by atoms with Crippen molar-refractivity contribution in [3.63, 3.8) is 0 Å². The predicted molar refractivity (Wildman–Crippen MR) is 89.0 cm³/mol. The van der Waals surface area contributed by atoms with Gasteiger partial charge in [-0.3, -0.25) is 0 Å². The second-order valence-electron chi connectivity index (χ2n) is 4.92. The van der Waals surface area contributed by atoms with Crippen LogP contribution in [0.1, 0.15) is 52.1 Å². The molecule has 0 fully saturated rings. The number of halogens is 1. The van der Waals surface area contributed by atoms with Gasteiger partial charge in [-0.2, -0.15) is 0 Å². The normalized spacial score (nSPS) is 12.5. The number of hydrogen-bond donors (Lipinski definition) is 1. The van der Waals surface area contributed by atoms with Crippen LogP contribution in [0.5, 0.6) is 0 Å². The lowest BCUT2D eigenvalue weighted by Gasteiger charge is -2.24. The number of nitrogens with one attached hydrogen (secondary N) is 1. The lowest BCUT2D eigenvalue weighted by atomic mass is 10.1. The fourth-order valence-electron chi connectivity index (χ4n) is 2.30. The minimum atomic E-state index is 0.388. The highest BCUT2D eigenvalue weighted by Crippen LogP contribution is 2.28. The van der Waals surface area contributed by atoms with E-state index in [-0.39, 0.29) is 0 Å². The summed E-state index contributed by atoms with van der Waals surface area (Å²) in [6.07, 6.45) is 2.49. The summed E-state index contributed by atoms with van der Waals surface area (Å²) in [5.41, 5.74) is 2.65.